The molecule has 1 aliphatic heterocycles. The lowest BCUT2D eigenvalue weighted by atomic mass is 9.84. The van der Waals surface area contributed by atoms with Crippen LogP contribution in [0.15, 0.2) is 23.8 Å². The zero-order chi connectivity index (χ0) is 9.31. The average Bonchev–Trinajstić information content (AvgIpc) is 2.02. The Balaban J connectivity index is 2.25. The normalized spacial score (nSPS) is 33.0. The van der Waals surface area contributed by atoms with Gasteiger partial charge in [-0.1, -0.05) is 11.6 Å². The van der Waals surface area contributed by atoms with Gasteiger partial charge in [-0.25, -0.2) is 4.79 Å². The van der Waals surface area contributed by atoms with Crippen molar-refractivity contribution in [2.45, 2.75) is 38.2 Å². The summed E-state index contributed by atoms with van der Waals surface area (Å²) < 4.78 is 5.38. The Bertz CT molecular complexity index is 288. The number of allylic oxidation sites excluding steroid dienone is 1. The van der Waals surface area contributed by atoms with E-state index in [4.69, 9.17) is 4.74 Å². The van der Waals surface area contributed by atoms with E-state index in [-0.39, 0.29) is 11.6 Å². The Labute approximate surface area is 78.3 Å². The van der Waals surface area contributed by atoms with Gasteiger partial charge in [0.15, 0.2) is 0 Å². The van der Waals surface area contributed by atoms with E-state index in [1.165, 1.54) is 0 Å². The standard InChI is InChI=1S/C11H14O2/c1-9-7-10(12)13-11(8-9)5-3-2-4-6-11/h3,5,7H,2,4,6,8H2,1H3. The highest BCUT2D eigenvalue weighted by atomic mass is 16.6. The van der Waals surface area contributed by atoms with Crippen molar-refractivity contribution < 1.29 is 9.53 Å². The summed E-state index contributed by atoms with van der Waals surface area (Å²) in [7, 11) is 0. The lowest BCUT2D eigenvalue weighted by Gasteiger charge is -2.35. The number of esters is 1. The molecule has 0 saturated carbocycles. The molecule has 2 aliphatic rings. The molecular formula is C11H14O2. The van der Waals surface area contributed by atoms with Gasteiger partial charge in [0.2, 0.25) is 0 Å². The topological polar surface area (TPSA) is 26.3 Å². The van der Waals surface area contributed by atoms with E-state index in [0.717, 1.165) is 31.3 Å². The molecule has 0 bridgehead atoms. The second kappa shape index (κ2) is 3.02. The molecule has 0 aromatic carbocycles. The Morgan fingerprint density at radius 3 is 3.00 bits per heavy atom. The Hall–Kier alpha value is -1.05. The maximum atomic E-state index is 11.2. The maximum absolute atomic E-state index is 11.2. The number of rotatable bonds is 0. The van der Waals surface area contributed by atoms with Crippen molar-refractivity contribution in [3.05, 3.63) is 23.8 Å². The molecule has 1 heterocycles. The van der Waals surface area contributed by atoms with Crippen molar-refractivity contribution in [3.8, 4) is 0 Å². The lowest BCUT2D eigenvalue weighted by molar-refractivity contribution is -0.151. The fourth-order valence-electron chi connectivity index (χ4n) is 2.12. The summed E-state index contributed by atoms with van der Waals surface area (Å²) in [6.07, 6.45) is 9.85. The van der Waals surface area contributed by atoms with E-state index in [2.05, 4.69) is 12.2 Å². The highest BCUT2D eigenvalue weighted by molar-refractivity contribution is 5.84. The molecule has 2 rings (SSSR count). The fourth-order valence-corrected chi connectivity index (χ4v) is 2.12. The largest absolute Gasteiger partial charge is 0.451 e. The molecule has 2 nitrogen and oxygen atoms in total. The molecule has 0 amide bonds. The third-order valence-corrected chi connectivity index (χ3v) is 2.64. The minimum atomic E-state index is -0.297. The molecule has 0 radical (unpaired) electrons. The van der Waals surface area contributed by atoms with Gasteiger partial charge < -0.3 is 4.74 Å². The quantitative estimate of drug-likeness (QED) is 0.420. The van der Waals surface area contributed by atoms with Gasteiger partial charge in [-0.2, -0.15) is 0 Å². The summed E-state index contributed by atoms with van der Waals surface area (Å²) in [6, 6.07) is 0. The van der Waals surface area contributed by atoms with Gasteiger partial charge in [0, 0.05) is 12.5 Å². The third-order valence-electron chi connectivity index (χ3n) is 2.64. The number of hydrogen-bond donors (Lipinski definition) is 0. The Morgan fingerprint density at radius 2 is 2.38 bits per heavy atom. The van der Waals surface area contributed by atoms with Crippen molar-refractivity contribution in [1.29, 1.82) is 0 Å². The monoisotopic (exact) mass is 178 g/mol. The number of hydrogen-bond acceptors (Lipinski definition) is 2. The molecule has 1 unspecified atom stereocenters. The summed E-state index contributed by atoms with van der Waals surface area (Å²) >= 11 is 0. The summed E-state index contributed by atoms with van der Waals surface area (Å²) in [4.78, 5) is 11.2. The second-order valence-electron chi connectivity index (χ2n) is 3.95. The molecule has 0 saturated heterocycles. The molecule has 1 spiro atoms. The van der Waals surface area contributed by atoms with Gasteiger partial charge in [0.25, 0.3) is 0 Å². The van der Waals surface area contributed by atoms with Crippen molar-refractivity contribution >= 4 is 5.97 Å². The van der Waals surface area contributed by atoms with Gasteiger partial charge >= 0.3 is 5.97 Å². The van der Waals surface area contributed by atoms with E-state index in [1.54, 1.807) is 6.08 Å². The maximum Gasteiger partial charge on any atom is 0.331 e. The third kappa shape index (κ3) is 1.67. The zero-order valence-electron chi connectivity index (χ0n) is 7.88. The smallest absolute Gasteiger partial charge is 0.331 e. The predicted molar refractivity (Wildman–Crippen MR) is 50.2 cm³/mol. The molecule has 2 heteroatoms. The van der Waals surface area contributed by atoms with E-state index >= 15 is 0 Å². The van der Waals surface area contributed by atoms with Crippen molar-refractivity contribution in [2.75, 3.05) is 0 Å². The molecule has 1 aliphatic carbocycles. The van der Waals surface area contributed by atoms with Crippen LogP contribution in [0.2, 0.25) is 0 Å². The van der Waals surface area contributed by atoms with Gasteiger partial charge in [-0.15, -0.1) is 0 Å². The lowest BCUT2D eigenvalue weighted by Crippen LogP contribution is -2.37. The number of carbonyl (C=O) groups is 1. The van der Waals surface area contributed by atoms with Crippen LogP contribution in [0.3, 0.4) is 0 Å². The van der Waals surface area contributed by atoms with Crippen LogP contribution in [-0.2, 0) is 9.53 Å². The van der Waals surface area contributed by atoms with Crippen LogP contribution in [0.25, 0.3) is 0 Å². The van der Waals surface area contributed by atoms with Crippen molar-refractivity contribution in [1.82, 2.24) is 0 Å². The molecule has 1 atom stereocenters. The first kappa shape index (κ1) is 8.54. The molecule has 13 heavy (non-hydrogen) atoms. The van der Waals surface area contributed by atoms with Gasteiger partial charge in [-0.3, -0.25) is 0 Å². The minimum absolute atomic E-state index is 0.185. The fraction of sp³-hybridized carbons (Fsp3) is 0.545. The van der Waals surface area contributed by atoms with Gasteiger partial charge in [0.1, 0.15) is 5.60 Å². The molecule has 0 N–H and O–H groups in total. The SMILES string of the molecule is CC1=CC(=O)OC2(C=CCCC2)C1. The van der Waals surface area contributed by atoms with E-state index < -0.39 is 0 Å². The number of ether oxygens (including phenoxy) is 1. The molecule has 0 fully saturated rings. The first-order chi connectivity index (χ1) is 6.20. The first-order valence-corrected chi connectivity index (χ1v) is 4.78. The predicted octanol–water partition coefficient (Wildman–Crippen LogP) is 2.36. The van der Waals surface area contributed by atoms with Crippen molar-refractivity contribution in [3.63, 3.8) is 0 Å². The van der Waals surface area contributed by atoms with E-state index in [9.17, 15) is 4.79 Å². The van der Waals surface area contributed by atoms with Gasteiger partial charge in [0.05, 0.1) is 0 Å². The van der Waals surface area contributed by atoms with Crippen LogP contribution in [-0.4, -0.2) is 11.6 Å². The molecular weight excluding hydrogens is 164 g/mol. The Morgan fingerprint density at radius 1 is 1.54 bits per heavy atom. The van der Waals surface area contributed by atoms with E-state index in [0.29, 0.717) is 0 Å². The summed E-state index contributed by atoms with van der Waals surface area (Å²) in [5.41, 5.74) is 0.830. The summed E-state index contributed by atoms with van der Waals surface area (Å²) in [5, 5.41) is 0. The highest BCUT2D eigenvalue weighted by Crippen LogP contribution is 2.34. The summed E-state index contributed by atoms with van der Waals surface area (Å²) in [5.74, 6) is -0.185. The van der Waals surface area contributed by atoms with Crippen LogP contribution in [0.5, 0.6) is 0 Å². The minimum Gasteiger partial charge on any atom is -0.451 e. The van der Waals surface area contributed by atoms with Crippen LogP contribution >= 0.6 is 0 Å². The molecule has 0 aromatic heterocycles. The average molecular weight is 178 g/mol. The highest BCUT2D eigenvalue weighted by Gasteiger charge is 2.35. The van der Waals surface area contributed by atoms with Crippen LogP contribution < -0.4 is 0 Å². The molecule has 70 valence electrons. The van der Waals surface area contributed by atoms with Gasteiger partial charge in [-0.05, 0) is 32.3 Å². The first-order valence-electron chi connectivity index (χ1n) is 4.78. The van der Waals surface area contributed by atoms with Crippen LogP contribution in [0.1, 0.15) is 32.6 Å². The zero-order valence-corrected chi connectivity index (χ0v) is 7.88. The summed E-state index contributed by atoms with van der Waals surface area (Å²) in [6.45, 7) is 1.99. The van der Waals surface area contributed by atoms with E-state index in [1.807, 2.05) is 6.92 Å². The van der Waals surface area contributed by atoms with Crippen molar-refractivity contribution in [2.24, 2.45) is 0 Å². The van der Waals surface area contributed by atoms with Crippen LogP contribution in [0, 0.1) is 0 Å². The number of carbonyl (C=O) groups excluding carboxylic acids is 1. The Kier molecular flexibility index (Phi) is 1.98. The molecule has 0 aromatic rings. The van der Waals surface area contributed by atoms with Crippen LogP contribution in [0.4, 0.5) is 0 Å². The second-order valence-corrected chi connectivity index (χ2v) is 3.95.